The number of rotatable bonds is 4. The van der Waals surface area contributed by atoms with Gasteiger partial charge in [-0.1, -0.05) is 11.6 Å². The van der Waals surface area contributed by atoms with Crippen molar-refractivity contribution in [3.63, 3.8) is 0 Å². The summed E-state index contributed by atoms with van der Waals surface area (Å²) in [7, 11) is 0. The van der Waals surface area contributed by atoms with Crippen molar-refractivity contribution in [1.82, 2.24) is 9.55 Å². The fraction of sp³-hybridized carbons (Fsp3) is 0.462. The minimum Gasteiger partial charge on any atom is -0.348 e. The third-order valence-corrected chi connectivity index (χ3v) is 4.57. The van der Waals surface area contributed by atoms with Crippen LogP contribution in [0.3, 0.4) is 0 Å². The van der Waals surface area contributed by atoms with Crippen molar-refractivity contribution < 1.29 is 0 Å². The van der Waals surface area contributed by atoms with E-state index in [4.69, 9.17) is 11.6 Å². The summed E-state index contributed by atoms with van der Waals surface area (Å²) in [6.45, 7) is 4.18. The summed E-state index contributed by atoms with van der Waals surface area (Å²) in [6, 6.07) is 4.90. The number of nitrogens with one attached hydrogen (secondary N) is 1. The Kier molecular flexibility index (Phi) is 3.08. The number of imidazole rings is 1. The maximum atomic E-state index is 5.97. The van der Waals surface area contributed by atoms with Gasteiger partial charge in [0.05, 0.1) is 16.1 Å². The Labute approximate surface area is 116 Å². The topological polar surface area (TPSA) is 29.9 Å². The number of anilines is 1. The van der Waals surface area contributed by atoms with Crippen LogP contribution in [0, 0.1) is 6.92 Å². The highest BCUT2D eigenvalue weighted by Crippen LogP contribution is 2.38. The first kappa shape index (κ1) is 12.1. The van der Waals surface area contributed by atoms with Crippen LogP contribution in [0.5, 0.6) is 0 Å². The lowest BCUT2D eigenvalue weighted by Crippen LogP contribution is -2.10. The summed E-state index contributed by atoms with van der Waals surface area (Å²) < 4.78 is 3.10. The number of aromatic nitrogens is 2. The van der Waals surface area contributed by atoms with Crippen LogP contribution in [0.25, 0.3) is 0 Å². The van der Waals surface area contributed by atoms with Gasteiger partial charge in [-0.2, -0.15) is 0 Å². The van der Waals surface area contributed by atoms with Crippen LogP contribution in [0.4, 0.5) is 5.95 Å². The average Bonchev–Trinajstić information content (AvgIpc) is 2.97. The molecule has 0 amide bonds. The number of aryl methyl sites for hydroxylation is 1. The predicted octanol–water partition coefficient (Wildman–Crippen LogP) is 4.41. The normalized spacial score (nSPS) is 16.8. The minimum absolute atomic E-state index is 0.238. The van der Waals surface area contributed by atoms with E-state index in [0.29, 0.717) is 6.04 Å². The quantitative estimate of drug-likeness (QED) is 0.899. The van der Waals surface area contributed by atoms with E-state index in [-0.39, 0.29) is 6.04 Å². The van der Waals surface area contributed by atoms with E-state index in [1.807, 2.05) is 13.0 Å². The van der Waals surface area contributed by atoms with Crippen molar-refractivity contribution >= 4 is 28.9 Å². The molecule has 96 valence electrons. The Morgan fingerprint density at radius 1 is 1.50 bits per heavy atom. The first-order valence-electron chi connectivity index (χ1n) is 6.21. The van der Waals surface area contributed by atoms with E-state index in [2.05, 4.69) is 34.1 Å². The molecule has 0 aromatic carbocycles. The second-order valence-corrected chi connectivity index (χ2v) is 6.60. The fourth-order valence-corrected chi connectivity index (χ4v) is 3.14. The summed E-state index contributed by atoms with van der Waals surface area (Å²) in [5, 5.41) is 3.49. The third kappa shape index (κ3) is 2.40. The smallest absolute Gasteiger partial charge is 0.203 e. The van der Waals surface area contributed by atoms with E-state index < -0.39 is 0 Å². The Balaban J connectivity index is 1.79. The van der Waals surface area contributed by atoms with E-state index >= 15 is 0 Å². The molecule has 3 nitrogen and oxygen atoms in total. The number of hydrogen-bond acceptors (Lipinski definition) is 3. The lowest BCUT2D eigenvalue weighted by molar-refractivity contribution is 0.729. The molecule has 1 atom stereocenters. The van der Waals surface area contributed by atoms with E-state index in [1.165, 1.54) is 17.7 Å². The van der Waals surface area contributed by atoms with Gasteiger partial charge in [-0.25, -0.2) is 4.98 Å². The van der Waals surface area contributed by atoms with E-state index in [1.54, 1.807) is 11.3 Å². The van der Waals surface area contributed by atoms with Crippen molar-refractivity contribution in [3.05, 3.63) is 33.2 Å². The second-order valence-electron chi connectivity index (χ2n) is 4.85. The highest BCUT2D eigenvalue weighted by molar-refractivity contribution is 7.16. The fourth-order valence-electron chi connectivity index (χ4n) is 2.08. The number of thiophene rings is 1. The van der Waals surface area contributed by atoms with Gasteiger partial charge < -0.3 is 9.88 Å². The highest BCUT2D eigenvalue weighted by Gasteiger charge is 2.26. The van der Waals surface area contributed by atoms with Crippen molar-refractivity contribution in [1.29, 1.82) is 0 Å². The molecule has 2 aromatic heterocycles. The van der Waals surface area contributed by atoms with Crippen molar-refractivity contribution in [2.75, 3.05) is 5.32 Å². The zero-order chi connectivity index (χ0) is 12.7. The first-order valence-corrected chi connectivity index (χ1v) is 7.40. The monoisotopic (exact) mass is 281 g/mol. The molecule has 3 rings (SSSR count). The molecule has 18 heavy (non-hydrogen) atoms. The molecule has 0 spiro atoms. The van der Waals surface area contributed by atoms with Gasteiger partial charge in [0, 0.05) is 17.1 Å². The van der Waals surface area contributed by atoms with Crippen molar-refractivity contribution in [2.24, 2.45) is 0 Å². The molecule has 0 saturated heterocycles. The Morgan fingerprint density at radius 2 is 2.28 bits per heavy atom. The van der Waals surface area contributed by atoms with Gasteiger partial charge in [0.15, 0.2) is 0 Å². The van der Waals surface area contributed by atoms with Crippen LogP contribution in [0.2, 0.25) is 4.34 Å². The number of halogens is 1. The standard InChI is InChI=1S/C13H16ClN3S/c1-8-7-17(10-3-4-10)13(15-8)16-9(2)11-5-6-12(14)18-11/h5-7,9-10H,3-4H2,1-2H3,(H,15,16). The molecule has 1 N–H and O–H groups in total. The average molecular weight is 282 g/mol. The highest BCUT2D eigenvalue weighted by atomic mass is 35.5. The van der Waals surface area contributed by atoms with Gasteiger partial charge in [-0.3, -0.25) is 0 Å². The van der Waals surface area contributed by atoms with Gasteiger partial charge in [0.2, 0.25) is 5.95 Å². The van der Waals surface area contributed by atoms with Crippen LogP contribution in [-0.4, -0.2) is 9.55 Å². The van der Waals surface area contributed by atoms with Gasteiger partial charge >= 0.3 is 0 Å². The molecule has 2 heterocycles. The Morgan fingerprint density at radius 3 is 2.89 bits per heavy atom. The molecule has 1 aliphatic carbocycles. The lowest BCUT2D eigenvalue weighted by atomic mass is 10.3. The summed E-state index contributed by atoms with van der Waals surface area (Å²) in [4.78, 5) is 5.81. The molecule has 5 heteroatoms. The molecular formula is C13H16ClN3S. The van der Waals surface area contributed by atoms with Crippen molar-refractivity contribution in [2.45, 2.75) is 38.8 Å². The maximum Gasteiger partial charge on any atom is 0.203 e. The van der Waals surface area contributed by atoms with Gasteiger partial charge in [0.25, 0.3) is 0 Å². The van der Waals surface area contributed by atoms with Crippen molar-refractivity contribution in [3.8, 4) is 0 Å². The van der Waals surface area contributed by atoms with Crippen LogP contribution < -0.4 is 5.32 Å². The predicted molar refractivity (Wildman–Crippen MR) is 76.6 cm³/mol. The molecule has 0 aliphatic heterocycles. The molecule has 0 bridgehead atoms. The molecule has 1 unspecified atom stereocenters. The molecule has 0 radical (unpaired) electrons. The second kappa shape index (κ2) is 4.59. The SMILES string of the molecule is Cc1cn(C2CC2)c(NC(C)c2ccc(Cl)s2)n1. The zero-order valence-electron chi connectivity index (χ0n) is 10.5. The van der Waals surface area contributed by atoms with Crippen LogP contribution in [0.1, 0.15) is 42.4 Å². The summed E-state index contributed by atoms with van der Waals surface area (Å²) in [5.74, 6) is 0.979. The van der Waals surface area contributed by atoms with Crippen LogP contribution >= 0.6 is 22.9 Å². The summed E-state index contributed by atoms with van der Waals surface area (Å²) in [5.41, 5.74) is 1.07. The maximum absolute atomic E-state index is 5.97. The number of nitrogens with zero attached hydrogens (tertiary/aromatic N) is 2. The third-order valence-electron chi connectivity index (χ3n) is 3.16. The number of hydrogen-bond donors (Lipinski definition) is 1. The molecule has 1 aliphatic rings. The van der Waals surface area contributed by atoms with E-state index in [0.717, 1.165) is 16.0 Å². The molecule has 1 saturated carbocycles. The van der Waals surface area contributed by atoms with Crippen LogP contribution in [0.15, 0.2) is 18.3 Å². The van der Waals surface area contributed by atoms with Gasteiger partial charge in [-0.15, -0.1) is 11.3 Å². The Hall–Kier alpha value is -1.00. The van der Waals surface area contributed by atoms with Gasteiger partial charge in [-0.05, 0) is 38.8 Å². The van der Waals surface area contributed by atoms with Crippen LogP contribution in [-0.2, 0) is 0 Å². The van der Waals surface area contributed by atoms with Gasteiger partial charge in [0.1, 0.15) is 0 Å². The summed E-state index contributed by atoms with van der Waals surface area (Å²) >= 11 is 7.59. The molecule has 1 fully saturated rings. The molecule has 2 aromatic rings. The van der Waals surface area contributed by atoms with E-state index in [9.17, 15) is 0 Å². The summed E-state index contributed by atoms with van der Waals surface area (Å²) in [6.07, 6.45) is 4.67. The minimum atomic E-state index is 0.238. The largest absolute Gasteiger partial charge is 0.348 e. The Bertz CT molecular complexity index is 556. The first-order chi connectivity index (χ1) is 8.63. The zero-order valence-corrected chi connectivity index (χ0v) is 12.1. The lowest BCUT2D eigenvalue weighted by Gasteiger charge is -2.14. The molecular weight excluding hydrogens is 266 g/mol.